The van der Waals surface area contributed by atoms with Gasteiger partial charge in [-0.15, -0.1) is 0 Å². The number of nitrogens with one attached hydrogen (secondary N) is 1. The van der Waals surface area contributed by atoms with E-state index in [1.165, 1.54) is 6.07 Å². The molecule has 0 saturated heterocycles. The number of nitrogens with zero attached hydrogens (tertiary/aromatic N) is 2. The van der Waals surface area contributed by atoms with E-state index < -0.39 is 4.92 Å². The van der Waals surface area contributed by atoms with Crippen molar-refractivity contribution in [1.82, 2.24) is 0 Å². The van der Waals surface area contributed by atoms with Crippen LogP contribution >= 0.6 is 15.9 Å². The van der Waals surface area contributed by atoms with Gasteiger partial charge in [-0.3, -0.25) is 10.1 Å². The Labute approximate surface area is 130 Å². The van der Waals surface area contributed by atoms with Crippen molar-refractivity contribution in [3.8, 4) is 6.07 Å². The maximum Gasteiger partial charge on any atom is 0.283 e. The number of benzene rings is 2. The van der Waals surface area contributed by atoms with Gasteiger partial charge in [-0.2, -0.15) is 5.26 Å². The molecule has 0 atom stereocenters. The molecule has 0 aromatic heterocycles. The highest BCUT2D eigenvalue weighted by Gasteiger charge is 2.15. The Kier molecular flexibility index (Phi) is 4.55. The lowest BCUT2D eigenvalue weighted by molar-refractivity contribution is -0.385. The van der Waals surface area contributed by atoms with Crippen molar-refractivity contribution in [3.05, 3.63) is 67.7 Å². The molecule has 6 heteroatoms. The Hall–Kier alpha value is -2.39. The molecule has 0 bridgehead atoms. The molecule has 0 heterocycles. The van der Waals surface area contributed by atoms with Crippen LogP contribution in [0.25, 0.3) is 0 Å². The van der Waals surface area contributed by atoms with Gasteiger partial charge in [0.25, 0.3) is 5.69 Å². The van der Waals surface area contributed by atoms with Gasteiger partial charge in [-0.25, -0.2) is 0 Å². The standard InChI is InChI=1S/C15H12BrN3O2/c1-10-4-2-6-13(12(10)8-17)18-9-11-5-3-7-14(15(11)16)19(20)21/h2-7,18H,9H2,1H3. The third-order valence-corrected chi connectivity index (χ3v) is 4.02. The van der Waals surface area contributed by atoms with Crippen LogP contribution in [0.15, 0.2) is 40.9 Å². The van der Waals surface area contributed by atoms with Crippen LogP contribution in [0.2, 0.25) is 0 Å². The van der Waals surface area contributed by atoms with Gasteiger partial charge < -0.3 is 5.32 Å². The van der Waals surface area contributed by atoms with Gasteiger partial charge in [0.05, 0.1) is 16.2 Å². The second kappa shape index (κ2) is 6.37. The van der Waals surface area contributed by atoms with Crippen LogP contribution in [-0.4, -0.2) is 4.92 Å². The first-order valence-electron chi connectivity index (χ1n) is 6.20. The fraction of sp³-hybridized carbons (Fsp3) is 0.133. The van der Waals surface area contributed by atoms with Crippen molar-refractivity contribution < 1.29 is 4.92 Å². The van der Waals surface area contributed by atoms with Gasteiger partial charge in [-0.1, -0.05) is 24.3 Å². The first kappa shape index (κ1) is 15.0. The van der Waals surface area contributed by atoms with E-state index in [9.17, 15) is 15.4 Å². The van der Waals surface area contributed by atoms with Gasteiger partial charge in [0.15, 0.2) is 0 Å². The highest BCUT2D eigenvalue weighted by atomic mass is 79.9. The van der Waals surface area contributed by atoms with Gasteiger partial charge in [-0.05, 0) is 40.0 Å². The molecular weight excluding hydrogens is 334 g/mol. The SMILES string of the molecule is Cc1cccc(NCc2cccc([N+](=O)[O-])c2Br)c1C#N. The average Bonchev–Trinajstić information content (AvgIpc) is 2.46. The summed E-state index contributed by atoms with van der Waals surface area (Å²) in [5, 5.41) is 23.2. The Balaban J connectivity index is 2.26. The molecule has 5 nitrogen and oxygen atoms in total. The summed E-state index contributed by atoms with van der Waals surface area (Å²) in [7, 11) is 0. The minimum atomic E-state index is -0.430. The molecule has 0 aliphatic carbocycles. The Bertz CT molecular complexity index is 738. The molecule has 0 unspecified atom stereocenters. The number of nitro benzene ring substituents is 1. The number of anilines is 1. The predicted octanol–water partition coefficient (Wildman–Crippen LogP) is 4.15. The summed E-state index contributed by atoms with van der Waals surface area (Å²) in [4.78, 5) is 10.5. The van der Waals surface area contributed by atoms with E-state index in [2.05, 4.69) is 27.3 Å². The highest BCUT2D eigenvalue weighted by molar-refractivity contribution is 9.10. The number of hydrogen-bond acceptors (Lipinski definition) is 4. The van der Waals surface area contributed by atoms with Gasteiger partial charge in [0.2, 0.25) is 0 Å². The third kappa shape index (κ3) is 3.20. The van der Waals surface area contributed by atoms with Crippen molar-refractivity contribution in [1.29, 1.82) is 5.26 Å². The van der Waals surface area contributed by atoms with Crippen LogP contribution in [0.4, 0.5) is 11.4 Å². The fourth-order valence-electron chi connectivity index (χ4n) is 2.00. The van der Waals surface area contributed by atoms with Crippen LogP contribution in [0.5, 0.6) is 0 Å². The molecule has 0 aliphatic rings. The third-order valence-electron chi connectivity index (χ3n) is 3.11. The molecule has 0 saturated carbocycles. The average molecular weight is 346 g/mol. The Morgan fingerprint density at radius 1 is 1.33 bits per heavy atom. The Morgan fingerprint density at radius 3 is 2.71 bits per heavy atom. The lowest BCUT2D eigenvalue weighted by atomic mass is 10.1. The number of rotatable bonds is 4. The maximum absolute atomic E-state index is 10.9. The number of hydrogen-bond donors (Lipinski definition) is 1. The topological polar surface area (TPSA) is 79.0 Å². The van der Waals surface area contributed by atoms with E-state index in [-0.39, 0.29) is 5.69 Å². The molecule has 106 valence electrons. The Morgan fingerprint density at radius 2 is 2.05 bits per heavy atom. The summed E-state index contributed by atoms with van der Waals surface area (Å²) < 4.78 is 0.452. The zero-order valence-corrected chi connectivity index (χ0v) is 12.8. The van der Waals surface area contributed by atoms with Gasteiger partial charge >= 0.3 is 0 Å². The summed E-state index contributed by atoms with van der Waals surface area (Å²) in [5.74, 6) is 0. The van der Waals surface area contributed by atoms with E-state index in [4.69, 9.17) is 0 Å². The van der Waals surface area contributed by atoms with E-state index in [1.807, 2.05) is 25.1 Å². The number of nitriles is 1. The monoisotopic (exact) mass is 345 g/mol. The first-order valence-corrected chi connectivity index (χ1v) is 6.99. The van der Waals surface area contributed by atoms with E-state index in [0.717, 1.165) is 16.8 Å². The molecule has 0 aliphatic heterocycles. The highest BCUT2D eigenvalue weighted by Crippen LogP contribution is 2.29. The zero-order valence-electron chi connectivity index (χ0n) is 11.3. The van der Waals surface area contributed by atoms with Crippen LogP contribution < -0.4 is 5.32 Å². The number of halogens is 1. The van der Waals surface area contributed by atoms with Crippen molar-refractivity contribution in [2.24, 2.45) is 0 Å². The normalized spacial score (nSPS) is 9.95. The molecule has 0 amide bonds. The van der Waals surface area contributed by atoms with Crippen LogP contribution in [0.1, 0.15) is 16.7 Å². The molecular formula is C15H12BrN3O2. The van der Waals surface area contributed by atoms with Gasteiger partial charge in [0, 0.05) is 12.6 Å². The van der Waals surface area contributed by atoms with Crippen molar-refractivity contribution in [2.75, 3.05) is 5.32 Å². The summed E-state index contributed by atoms with van der Waals surface area (Å²) >= 11 is 3.26. The van der Waals surface area contributed by atoms with Gasteiger partial charge in [0.1, 0.15) is 10.5 Å². The molecule has 0 fully saturated rings. The van der Waals surface area contributed by atoms with Crippen molar-refractivity contribution in [2.45, 2.75) is 13.5 Å². The number of aryl methyl sites for hydroxylation is 1. The minimum absolute atomic E-state index is 0.0269. The van der Waals surface area contributed by atoms with Crippen molar-refractivity contribution >= 4 is 27.3 Å². The first-order chi connectivity index (χ1) is 10.0. The quantitative estimate of drug-likeness (QED) is 0.666. The smallest absolute Gasteiger partial charge is 0.283 e. The van der Waals surface area contributed by atoms with E-state index >= 15 is 0 Å². The molecule has 0 spiro atoms. The number of nitro groups is 1. The summed E-state index contributed by atoms with van der Waals surface area (Å²) in [6.07, 6.45) is 0. The predicted molar refractivity (Wildman–Crippen MR) is 84.0 cm³/mol. The minimum Gasteiger partial charge on any atom is -0.380 e. The molecule has 2 aromatic rings. The largest absolute Gasteiger partial charge is 0.380 e. The molecule has 21 heavy (non-hydrogen) atoms. The molecule has 1 N–H and O–H groups in total. The molecule has 2 aromatic carbocycles. The summed E-state index contributed by atoms with van der Waals surface area (Å²) in [6, 6.07) is 12.6. The van der Waals surface area contributed by atoms with Crippen LogP contribution in [-0.2, 0) is 6.54 Å². The lowest BCUT2D eigenvalue weighted by Gasteiger charge is -2.11. The maximum atomic E-state index is 10.9. The molecule has 0 radical (unpaired) electrons. The lowest BCUT2D eigenvalue weighted by Crippen LogP contribution is -2.04. The fourth-order valence-corrected chi connectivity index (χ4v) is 2.55. The van der Waals surface area contributed by atoms with Crippen LogP contribution in [0, 0.1) is 28.4 Å². The zero-order chi connectivity index (χ0) is 15.4. The van der Waals surface area contributed by atoms with E-state index in [1.54, 1.807) is 12.1 Å². The second-order valence-electron chi connectivity index (χ2n) is 4.47. The summed E-state index contributed by atoms with van der Waals surface area (Å²) in [6.45, 7) is 2.26. The summed E-state index contributed by atoms with van der Waals surface area (Å²) in [5.41, 5.74) is 2.98. The van der Waals surface area contributed by atoms with Crippen molar-refractivity contribution in [3.63, 3.8) is 0 Å². The molecule has 2 rings (SSSR count). The van der Waals surface area contributed by atoms with E-state index in [0.29, 0.717) is 16.6 Å². The van der Waals surface area contributed by atoms with Crippen LogP contribution in [0.3, 0.4) is 0 Å². The second-order valence-corrected chi connectivity index (χ2v) is 5.26.